The number of nitrogens with one attached hydrogen (secondary N) is 1. The van der Waals surface area contributed by atoms with E-state index >= 15 is 0 Å². The zero-order chi connectivity index (χ0) is 16.0. The molecule has 0 radical (unpaired) electrons. The molecule has 0 aliphatic carbocycles. The number of benzene rings is 1. The molecular weight excluding hydrogens is 340 g/mol. The first-order valence-corrected chi connectivity index (χ1v) is 8.12. The summed E-state index contributed by atoms with van der Waals surface area (Å²) >= 11 is 3.11. The molecule has 2 nitrogen and oxygen atoms in total. The van der Waals surface area contributed by atoms with E-state index in [1.165, 1.54) is 12.1 Å². The second kappa shape index (κ2) is 8.20. The van der Waals surface area contributed by atoms with Crippen molar-refractivity contribution < 1.29 is 13.5 Å². The minimum absolute atomic E-state index is 0.0887. The van der Waals surface area contributed by atoms with Crippen LogP contribution in [0.2, 0.25) is 0 Å². The normalized spacial score (nSPS) is 13.5. The van der Waals surface area contributed by atoms with Crippen LogP contribution < -0.4 is 5.32 Å². The smallest absolute Gasteiger partial charge is 0.143 e. The van der Waals surface area contributed by atoms with E-state index in [4.69, 9.17) is 4.74 Å². The lowest BCUT2D eigenvalue weighted by atomic mass is 9.91. The highest BCUT2D eigenvalue weighted by Gasteiger charge is 2.31. The molecule has 21 heavy (non-hydrogen) atoms. The Hall–Kier alpha value is -0.520. The Balaban J connectivity index is 3.04. The molecule has 0 saturated carbocycles. The second-order valence-electron chi connectivity index (χ2n) is 5.57. The monoisotopic (exact) mass is 363 g/mol. The van der Waals surface area contributed by atoms with Crippen molar-refractivity contribution >= 4 is 15.9 Å². The summed E-state index contributed by atoms with van der Waals surface area (Å²) in [5.74, 6) is -1.06. The summed E-state index contributed by atoms with van der Waals surface area (Å²) in [6.07, 6.45) is 1.19. The van der Waals surface area contributed by atoms with Gasteiger partial charge >= 0.3 is 0 Å². The molecule has 1 atom stereocenters. The topological polar surface area (TPSA) is 21.3 Å². The predicted molar refractivity (Wildman–Crippen MR) is 85.5 cm³/mol. The van der Waals surface area contributed by atoms with E-state index in [1.807, 2.05) is 20.8 Å². The summed E-state index contributed by atoms with van der Waals surface area (Å²) in [7, 11) is 0. The van der Waals surface area contributed by atoms with Crippen LogP contribution in [-0.4, -0.2) is 24.8 Å². The Morgan fingerprint density at radius 1 is 1.29 bits per heavy atom. The first kappa shape index (κ1) is 18.5. The molecule has 5 heteroatoms. The van der Waals surface area contributed by atoms with Gasteiger partial charge in [0.05, 0.1) is 10.1 Å². The molecule has 0 fully saturated rings. The number of ether oxygens (including phenoxy) is 1. The summed E-state index contributed by atoms with van der Waals surface area (Å²) in [5.41, 5.74) is -0.420. The molecular formula is C16H24BrF2NO. The van der Waals surface area contributed by atoms with Crippen LogP contribution >= 0.6 is 15.9 Å². The van der Waals surface area contributed by atoms with Crippen molar-refractivity contribution in [2.24, 2.45) is 0 Å². The van der Waals surface area contributed by atoms with Crippen molar-refractivity contribution in [1.29, 1.82) is 0 Å². The van der Waals surface area contributed by atoms with E-state index in [0.29, 0.717) is 6.61 Å². The van der Waals surface area contributed by atoms with E-state index in [0.717, 1.165) is 13.0 Å². The van der Waals surface area contributed by atoms with E-state index in [9.17, 15) is 8.78 Å². The van der Waals surface area contributed by atoms with Gasteiger partial charge in [-0.15, -0.1) is 0 Å². The molecule has 1 aromatic rings. The van der Waals surface area contributed by atoms with Crippen LogP contribution in [0.25, 0.3) is 0 Å². The largest absolute Gasteiger partial charge is 0.374 e. The zero-order valence-corrected chi connectivity index (χ0v) is 14.7. The van der Waals surface area contributed by atoms with Gasteiger partial charge in [-0.05, 0) is 68.2 Å². The fraction of sp³-hybridized carbons (Fsp3) is 0.625. The Morgan fingerprint density at radius 2 is 1.95 bits per heavy atom. The maximum atomic E-state index is 14.2. The molecule has 1 aromatic carbocycles. The third kappa shape index (κ3) is 5.01. The Kier molecular flexibility index (Phi) is 7.24. The third-order valence-electron chi connectivity index (χ3n) is 3.54. The maximum Gasteiger partial charge on any atom is 0.143 e. The average Bonchev–Trinajstić information content (AvgIpc) is 2.42. The lowest BCUT2D eigenvalue weighted by molar-refractivity contribution is -0.0382. The van der Waals surface area contributed by atoms with Gasteiger partial charge in [0.25, 0.3) is 0 Å². The van der Waals surface area contributed by atoms with Crippen molar-refractivity contribution in [3.8, 4) is 0 Å². The SMILES string of the molecule is CCCNC(Cc1c(F)ccc(Br)c1F)C(C)(C)OCC. The van der Waals surface area contributed by atoms with Crippen LogP contribution in [0.1, 0.15) is 39.7 Å². The van der Waals surface area contributed by atoms with Gasteiger partial charge in [-0.1, -0.05) is 6.92 Å². The summed E-state index contributed by atoms with van der Waals surface area (Å²) < 4.78 is 34.2. The average molecular weight is 364 g/mol. The van der Waals surface area contributed by atoms with Crippen molar-refractivity contribution in [3.63, 3.8) is 0 Å². The highest BCUT2D eigenvalue weighted by molar-refractivity contribution is 9.10. The summed E-state index contributed by atoms with van der Waals surface area (Å²) in [6.45, 7) is 9.19. The zero-order valence-electron chi connectivity index (χ0n) is 13.1. The lowest BCUT2D eigenvalue weighted by Crippen LogP contribution is -2.50. The van der Waals surface area contributed by atoms with Crippen molar-refractivity contribution in [2.45, 2.75) is 52.2 Å². The van der Waals surface area contributed by atoms with Crippen molar-refractivity contribution in [1.82, 2.24) is 5.32 Å². The highest BCUT2D eigenvalue weighted by Crippen LogP contribution is 2.26. The van der Waals surface area contributed by atoms with Gasteiger partial charge in [-0.2, -0.15) is 0 Å². The maximum absolute atomic E-state index is 14.2. The van der Waals surface area contributed by atoms with Crippen molar-refractivity contribution in [2.75, 3.05) is 13.2 Å². The van der Waals surface area contributed by atoms with E-state index in [1.54, 1.807) is 0 Å². The Labute approximate surface area is 134 Å². The molecule has 0 amide bonds. The quantitative estimate of drug-likeness (QED) is 0.688. The van der Waals surface area contributed by atoms with Gasteiger partial charge in [0, 0.05) is 18.2 Å². The second-order valence-corrected chi connectivity index (χ2v) is 6.42. The first-order valence-electron chi connectivity index (χ1n) is 7.33. The molecule has 1 N–H and O–H groups in total. The molecule has 0 heterocycles. The van der Waals surface area contributed by atoms with Gasteiger partial charge in [0.15, 0.2) is 0 Å². The highest BCUT2D eigenvalue weighted by atomic mass is 79.9. The molecule has 0 saturated heterocycles. The van der Waals surface area contributed by atoms with Gasteiger partial charge in [0.1, 0.15) is 11.6 Å². The molecule has 0 aromatic heterocycles. The summed E-state index contributed by atoms with van der Waals surface area (Å²) in [6, 6.07) is 2.50. The number of rotatable bonds is 8. The van der Waals surface area contributed by atoms with Gasteiger partial charge in [0.2, 0.25) is 0 Å². The predicted octanol–water partition coefficient (Wildman–Crippen LogP) is 4.45. The number of hydrogen-bond acceptors (Lipinski definition) is 2. The van der Waals surface area contributed by atoms with Crippen LogP contribution in [0.5, 0.6) is 0 Å². The molecule has 0 aliphatic heterocycles. The minimum Gasteiger partial charge on any atom is -0.374 e. The number of halogens is 3. The van der Waals surface area contributed by atoms with E-state index in [2.05, 4.69) is 28.2 Å². The molecule has 1 unspecified atom stereocenters. The van der Waals surface area contributed by atoms with Crippen LogP contribution in [0.3, 0.4) is 0 Å². The van der Waals surface area contributed by atoms with E-state index < -0.39 is 17.2 Å². The molecule has 120 valence electrons. The van der Waals surface area contributed by atoms with Crippen LogP contribution in [0.15, 0.2) is 16.6 Å². The Morgan fingerprint density at radius 3 is 2.52 bits per heavy atom. The Bertz CT molecular complexity index is 466. The summed E-state index contributed by atoms with van der Waals surface area (Å²) in [5, 5.41) is 3.34. The fourth-order valence-electron chi connectivity index (χ4n) is 2.32. The molecule has 0 bridgehead atoms. The standard InChI is InChI=1S/C16H24BrF2NO/c1-5-9-20-14(16(3,4)21-6-2)10-11-13(18)8-7-12(17)15(11)19/h7-8,14,20H,5-6,9-10H2,1-4H3. The molecule has 1 rings (SSSR count). The fourth-order valence-corrected chi connectivity index (χ4v) is 2.69. The molecule has 0 aliphatic rings. The molecule has 0 spiro atoms. The van der Waals surface area contributed by atoms with Crippen molar-refractivity contribution in [3.05, 3.63) is 33.8 Å². The summed E-state index contributed by atoms with van der Waals surface area (Å²) in [4.78, 5) is 0. The minimum atomic E-state index is -0.536. The lowest BCUT2D eigenvalue weighted by Gasteiger charge is -2.35. The number of hydrogen-bond donors (Lipinski definition) is 1. The van der Waals surface area contributed by atoms with E-state index in [-0.39, 0.29) is 22.5 Å². The van der Waals surface area contributed by atoms with Gasteiger partial charge in [-0.25, -0.2) is 8.78 Å². The van der Waals surface area contributed by atoms with Gasteiger partial charge in [-0.3, -0.25) is 0 Å². The van der Waals surface area contributed by atoms with Crippen LogP contribution in [0, 0.1) is 11.6 Å². The van der Waals surface area contributed by atoms with Gasteiger partial charge < -0.3 is 10.1 Å². The van der Waals surface area contributed by atoms with Crippen LogP contribution in [0.4, 0.5) is 8.78 Å². The first-order chi connectivity index (χ1) is 9.83. The third-order valence-corrected chi connectivity index (χ3v) is 4.16. The van der Waals surface area contributed by atoms with Crippen LogP contribution in [-0.2, 0) is 11.2 Å².